The first-order chi connectivity index (χ1) is 14.0. The average molecular weight is 431 g/mol. The fourth-order valence-corrected chi connectivity index (χ4v) is 4.53. The van der Waals surface area contributed by atoms with Crippen LogP contribution in [-0.4, -0.2) is 74.9 Å². The number of fused-ring (bicyclic) bond motifs is 1. The molecule has 0 fully saturated rings. The van der Waals surface area contributed by atoms with Gasteiger partial charge in [0.25, 0.3) is 5.91 Å². The molecule has 8 nitrogen and oxygen atoms in total. The number of benzene rings is 1. The Bertz CT molecular complexity index is 1070. The molecule has 1 aliphatic heterocycles. The fraction of sp³-hybridized carbons (Fsp3) is 0.381. The molecule has 0 aromatic heterocycles. The summed E-state index contributed by atoms with van der Waals surface area (Å²) in [6.07, 6.45) is 7.31. The van der Waals surface area contributed by atoms with Crippen molar-refractivity contribution in [2.24, 2.45) is 16.9 Å². The number of amides is 2. The van der Waals surface area contributed by atoms with E-state index in [2.05, 4.69) is 5.10 Å². The van der Waals surface area contributed by atoms with Crippen molar-refractivity contribution in [2.75, 3.05) is 34.7 Å². The van der Waals surface area contributed by atoms with Crippen molar-refractivity contribution in [3.63, 3.8) is 0 Å². The Hall–Kier alpha value is -2.78. The molecular weight excluding hydrogens is 404 g/mol. The average Bonchev–Trinajstić information content (AvgIpc) is 2.70. The first-order valence-electron chi connectivity index (χ1n) is 9.52. The van der Waals surface area contributed by atoms with Gasteiger partial charge in [-0.25, -0.2) is 17.7 Å². The molecule has 1 heterocycles. The van der Waals surface area contributed by atoms with Crippen LogP contribution in [-0.2, 0) is 19.6 Å². The maximum atomic E-state index is 12.9. The highest BCUT2D eigenvalue weighted by Crippen LogP contribution is 2.32. The normalized spacial score (nSPS) is 20.9. The molecule has 3 rings (SSSR count). The minimum absolute atomic E-state index is 0.176. The number of nitrogens with zero attached hydrogens (tertiary/aromatic N) is 4. The topological polar surface area (TPSA) is 90.4 Å². The first kappa shape index (κ1) is 21.9. The summed E-state index contributed by atoms with van der Waals surface area (Å²) in [5.41, 5.74) is 1.78. The lowest BCUT2D eigenvalue weighted by Crippen LogP contribution is -2.47. The van der Waals surface area contributed by atoms with Gasteiger partial charge in [0.1, 0.15) is 6.54 Å². The standard InChI is InChI=1S/C21H26N4O4S/c1-14-10-11-15(12-18(14)30(28,29)24(4)5)20-16-8-6-7-9-17(16)21(27)25(22-20)13-19(26)23(2)3/h6-12,16-17H,13H2,1-5H3. The highest BCUT2D eigenvalue weighted by atomic mass is 32.2. The van der Waals surface area contributed by atoms with Crippen molar-refractivity contribution in [3.05, 3.63) is 53.6 Å². The van der Waals surface area contributed by atoms with Crippen LogP contribution in [0.5, 0.6) is 0 Å². The Labute approximate surface area is 177 Å². The number of likely N-dealkylation sites (N-methyl/N-ethyl adjacent to an activating group) is 1. The number of carbonyl (C=O) groups excluding carboxylic acids is 2. The van der Waals surface area contributed by atoms with Crippen molar-refractivity contribution in [1.29, 1.82) is 0 Å². The van der Waals surface area contributed by atoms with E-state index in [1.807, 2.05) is 12.2 Å². The van der Waals surface area contributed by atoms with E-state index < -0.39 is 15.9 Å². The van der Waals surface area contributed by atoms with Crippen molar-refractivity contribution in [1.82, 2.24) is 14.2 Å². The van der Waals surface area contributed by atoms with Crippen LogP contribution < -0.4 is 0 Å². The molecule has 0 saturated carbocycles. The van der Waals surface area contributed by atoms with Crippen molar-refractivity contribution in [3.8, 4) is 0 Å². The molecule has 1 aromatic rings. The van der Waals surface area contributed by atoms with Gasteiger partial charge in [0.2, 0.25) is 15.9 Å². The monoisotopic (exact) mass is 430 g/mol. The number of aryl methyl sites for hydroxylation is 1. The van der Waals surface area contributed by atoms with Gasteiger partial charge in [-0.3, -0.25) is 9.59 Å². The van der Waals surface area contributed by atoms with Crippen LogP contribution in [0.3, 0.4) is 0 Å². The molecule has 2 aliphatic rings. The van der Waals surface area contributed by atoms with E-state index in [1.165, 1.54) is 28.3 Å². The Morgan fingerprint density at radius 2 is 1.73 bits per heavy atom. The second-order valence-corrected chi connectivity index (χ2v) is 9.88. The molecular formula is C21H26N4O4S. The molecule has 0 spiro atoms. The van der Waals surface area contributed by atoms with Gasteiger partial charge in [-0.1, -0.05) is 36.4 Å². The highest BCUT2D eigenvalue weighted by Gasteiger charge is 2.39. The summed E-state index contributed by atoms with van der Waals surface area (Å²) >= 11 is 0. The van der Waals surface area contributed by atoms with Crippen LogP contribution in [0.15, 0.2) is 52.5 Å². The molecule has 1 aromatic carbocycles. The SMILES string of the molecule is Cc1ccc(C2=NN(CC(=O)N(C)C)C(=O)C3C=CC=CC23)cc1S(=O)(=O)N(C)C. The van der Waals surface area contributed by atoms with Crippen molar-refractivity contribution >= 4 is 27.5 Å². The maximum absolute atomic E-state index is 12.9. The predicted octanol–water partition coefficient (Wildman–Crippen LogP) is 1.24. The fourth-order valence-electron chi connectivity index (χ4n) is 3.39. The van der Waals surface area contributed by atoms with Crippen LogP contribution in [0.2, 0.25) is 0 Å². The molecule has 2 unspecified atom stereocenters. The minimum Gasteiger partial charge on any atom is -0.347 e. The largest absolute Gasteiger partial charge is 0.347 e. The third-order valence-electron chi connectivity index (χ3n) is 5.25. The highest BCUT2D eigenvalue weighted by molar-refractivity contribution is 7.89. The number of rotatable bonds is 5. The van der Waals surface area contributed by atoms with E-state index in [0.717, 1.165) is 0 Å². The molecule has 160 valence electrons. The van der Waals surface area contributed by atoms with Crippen LogP contribution >= 0.6 is 0 Å². The van der Waals surface area contributed by atoms with Crippen LogP contribution in [0.25, 0.3) is 0 Å². The van der Waals surface area contributed by atoms with E-state index in [9.17, 15) is 18.0 Å². The molecule has 2 atom stereocenters. The lowest BCUT2D eigenvalue weighted by molar-refractivity contribution is -0.142. The smallest absolute Gasteiger partial charge is 0.251 e. The molecule has 0 radical (unpaired) electrons. The number of hydrogen-bond acceptors (Lipinski definition) is 5. The van der Waals surface area contributed by atoms with Gasteiger partial charge in [0.05, 0.1) is 16.5 Å². The summed E-state index contributed by atoms with van der Waals surface area (Å²) in [5.74, 6) is -1.33. The Morgan fingerprint density at radius 1 is 1.10 bits per heavy atom. The lowest BCUT2D eigenvalue weighted by Gasteiger charge is -2.34. The predicted molar refractivity (Wildman–Crippen MR) is 114 cm³/mol. The quantitative estimate of drug-likeness (QED) is 0.703. The molecule has 0 N–H and O–H groups in total. The third-order valence-corrected chi connectivity index (χ3v) is 7.20. The zero-order chi connectivity index (χ0) is 22.2. The van der Waals surface area contributed by atoms with Gasteiger partial charge in [0.15, 0.2) is 0 Å². The van der Waals surface area contributed by atoms with Crippen LogP contribution in [0, 0.1) is 18.8 Å². The number of sulfonamides is 1. The molecule has 9 heteroatoms. The van der Waals surface area contributed by atoms with E-state index in [-0.39, 0.29) is 29.2 Å². The number of allylic oxidation sites excluding steroid dienone is 3. The maximum Gasteiger partial charge on any atom is 0.251 e. The molecule has 0 saturated heterocycles. The summed E-state index contributed by atoms with van der Waals surface area (Å²) in [7, 11) is 2.55. The Balaban J connectivity index is 2.12. The minimum atomic E-state index is -3.65. The second kappa shape index (κ2) is 8.16. The van der Waals surface area contributed by atoms with E-state index in [0.29, 0.717) is 16.8 Å². The Morgan fingerprint density at radius 3 is 2.33 bits per heavy atom. The lowest BCUT2D eigenvalue weighted by atomic mass is 9.80. The van der Waals surface area contributed by atoms with E-state index >= 15 is 0 Å². The van der Waals surface area contributed by atoms with Gasteiger partial charge in [-0.15, -0.1) is 0 Å². The summed E-state index contributed by atoms with van der Waals surface area (Å²) in [6, 6.07) is 5.12. The van der Waals surface area contributed by atoms with Crippen LogP contribution in [0.1, 0.15) is 11.1 Å². The second-order valence-electron chi connectivity index (χ2n) is 7.76. The summed E-state index contributed by atoms with van der Waals surface area (Å²) in [6.45, 7) is 1.56. The van der Waals surface area contributed by atoms with E-state index in [1.54, 1.807) is 51.4 Å². The summed E-state index contributed by atoms with van der Waals surface area (Å²) in [4.78, 5) is 26.7. The van der Waals surface area contributed by atoms with Gasteiger partial charge >= 0.3 is 0 Å². The zero-order valence-electron chi connectivity index (χ0n) is 17.7. The summed E-state index contributed by atoms with van der Waals surface area (Å²) < 4.78 is 26.7. The molecule has 1 aliphatic carbocycles. The number of carbonyl (C=O) groups is 2. The summed E-state index contributed by atoms with van der Waals surface area (Å²) in [5, 5.41) is 5.68. The van der Waals surface area contributed by atoms with Gasteiger partial charge in [-0.05, 0) is 24.1 Å². The zero-order valence-corrected chi connectivity index (χ0v) is 18.5. The first-order valence-corrected chi connectivity index (χ1v) is 11.0. The molecule has 2 amide bonds. The van der Waals surface area contributed by atoms with Crippen molar-refractivity contribution in [2.45, 2.75) is 11.8 Å². The Kier molecular flexibility index (Phi) is 5.96. The van der Waals surface area contributed by atoms with Crippen molar-refractivity contribution < 1.29 is 18.0 Å². The molecule has 0 bridgehead atoms. The van der Waals surface area contributed by atoms with Crippen LogP contribution in [0.4, 0.5) is 0 Å². The van der Waals surface area contributed by atoms with E-state index in [4.69, 9.17) is 0 Å². The van der Waals surface area contributed by atoms with Gasteiger partial charge < -0.3 is 4.90 Å². The number of hydrogen-bond donors (Lipinski definition) is 0. The van der Waals surface area contributed by atoms with Gasteiger partial charge in [-0.2, -0.15) is 5.10 Å². The molecule has 30 heavy (non-hydrogen) atoms. The third kappa shape index (κ3) is 3.95. The van der Waals surface area contributed by atoms with Gasteiger partial charge in [0, 0.05) is 34.1 Å². The number of hydrazone groups is 1.